The van der Waals surface area contributed by atoms with E-state index in [1.54, 1.807) is 18.7 Å². The van der Waals surface area contributed by atoms with Crippen molar-refractivity contribution in [3.8, 4) is 0 Å². The van der Waals surface area contributed by atoms with Crippen molar-refractivity contribution in [2.45, 2.75) is 26.1 Å². The number of nitrogens with zero attached hydrogens (tertiary/aromatic N) is 1. The van der Waals surface area contributed by atoms with Crippen molar-refractivity contribution >= 4 is 19.2 Å². The zero-order chi connectivity index (χ0) is 17.9. The van der Waals surface area contributed by atoms with Gasteiger partial charge in [-0.1, -0.05) is 48.5 Å². The normalized spacial score (nSPS) is 17.0. The molecule has 5 nitrogen and oxygen atoms in total. The molecule has 1 aliphatic heterocycles. The van der Waals surface area contributed by atoms with Crippen molar-refractivity contribution in [2.24, 2.45) is 0 Å². The SMILES string of the molecule is CCOP(=O)(OCC)C1C(=O)N(Cc2ccccc2)c2ccccc21. The molecule has 0 N–H and O–H groups in total. The fourth-order valence-electron chi connectivity index (χ4n) is 3.14. The van der Waals surface area contributed by atoms with Crippen molar-refractivity contribution in [1.29, 1.82) is 0 Å². The first-order valence-electron chi connectivity index (χ1n) is 8.43. The minimum Gasteiger partial charge on any atom is -0.308 e. The van der Waals surface area contributed by atoms with Gasteiger partial charge in [-0.3, -0.25) is 9.36 Å². The van der Waals surface area contributed by atoms with Crippen LogP contribution in [0.3, 0.4) is 0 Å². The van der Waals surface area contributed by atoms with Gasteiger partial charge in [0.1, 0.15) is 0 Å². The summed E-state index contributed by atoms with van der Waals surface area (Å²) >= 11 is 0. The number of benzene rings is 2. The molecular weight excluding hydrogens is 337 g/mol. The average molecular weight is 359 g/mol. The number of amides is 1. The molecule has 25 heavy (non-hydrogen) atoms. The number of para-hydroxylation sites is 1. The van der Waals surface area contributed by atoms with Crippen LogP contribution in [0.2, 0.25) is 0 Å². The lowest BCUT2D eigenvalue weighted by Crippen LogP contribution is -2.28. The number of rotatable bonds is 7. The lowest BCUT2D eigenvalue weighted by Gasteiger charge is -2.23. The van der Waals surface area contributed by atoms with E-state index in [2.05, 4.69) is 0 Å². The van der Waals surface area contributed by atoms with E-state index in [0.717, 1.165) is 11.3 Å². The molecule has 2 aromatic rings. The third kappa shape index (κ3) is 3.40. The second-order valence-electron chi connectivity index (χ2n) is 5.75. The van der Waals surface area contributed by atoms with E-state index in [-0.39, 0.29) is 19.1 Å². The Labute approximate surface area is 148 Å². The standard InChI is InChI=1S/C19H22NO4P/c1-3-23-25(22,24-4-2)18-16-12-8-9-13-17(16)20(19(18)21)14-15-10-6-5-7-11-15/h5-13,18H,3-4,14H2,1-2H3. The molecule has 0 saturated heterocycles. The summed E-state index contributed by atoms with van der Waals surface area (Å²) in [7, 11) is -3.59. The van der Waals surface area contributed by atoms with Crippen LogP contribution in [0.15, 0.2) is 54.6 Å². The largest absolute Gasteiger partial charge is 0.347 e. The van der Waals surface area contributed by atoms with Gasteiger partial charge in [0.25, 0.3) is 0 Å². The van der Waals surface area contributed by atoms with Crippen LogP contribution in [0, 0.1) is 0 Å². The summed E-state index contributed by atoms with van der Waals surface area (Å²) in [5.74, 6) is -0.240. The molecule has 1 amide bonds. The highest BCUT2D eigenvalue weighted by Gasteiger charge is 2.50. The molecule has 1 aliphatic rings. The third-order valence-corrected chi connectivity index (χ3v) is 6.51. The second-order valence-corrected chi connectivity index (χ2v) is 7.86. The summed E-state index contributed by atoms with van der Waals surface area (Å²) in [6.45, 7) is 4.37. The van der Waals surface area contributed by atoms with Gasteiger partial charge in [-0.25, -0.2) is 0 Å². The highest BCUT2D eigenvalue weighted by molar-refractivity contribution is 7.55. The van der Waals surface area contributed by atoms with Crippen molar-refractivity contribution < 1.29 is 18.4 Å². The average Bonchev–Trinajstić information content (AvgIpc) is 2.89. The van der Waals surface area contributed by atoms with Gasteiger partial charge in [0.2, 0.25) is 5.91 Å². The maximum Gasteiger partial charge on any atom is 0.347 e. The highest BCUT2D eigenvalue weighted by Crippen LogP contribution is 2.65. The summed E-state index contributed by atoms with van der Waals surface area (Å²) in [6.07, 6.45) is 0. The monoisotopic (exact) mass is 359 g/mol. The van der Waals surface area contributed by atoms with Crippen LogP contribution in [-0.4, -0.2) is 19.1 Å². The van der Waals surface area contributed by atoms with Gasteiger partial charge < -0.3 is 13.9 Å². The Bertz CT molecular complexity index is 783. The van der Waals surface area contributed by atoms with Crippen molar-refractivity contribution in [3.63, 3.8) is 0 Å². The molecule has 1 atom stereocenters. The fraction of sp³-hybridized carbons (Fsp3) is 0.316. The van der Waals surface area contributed by atoms with E-state index >= 15 is 0 Å². The van der Waals surface area contributed by atoms with Crippen LogP contribution >= 0.6 is 7.60 Å². The Kier molecular flexibility index (Phi) is 5.38. The van der Waals surface area contributed by atoms with Crippen molar-refractivity contribution in [1.82, 2.24) is 0 Å². The first kappa shape index (κ1) is 17.9. The van der Waals surface area contributed by atoms with Gasteiger partial charge in [0, 0.05) is 11.3 Å². The molecule has 0 fully saturated rings. The maximum absolute atomic E-state index is 13.3. The topological polar surface area (TPSA) is 55.8 Å². The summed E-state index contributed by atoms with van der Waals surface area (Å²) in [5, 5.41) is 0. The summed E-state index contributed by atoms with van der Waals surface area (Å²) < 4.78 is 24.2. The molecule has 0 saturated carbocycles. The smallest absolute Gasteiger partial charge is 0.308 e. The van der Waals surface area contributed by atoms with Gasteiger partial charge in [-0.05, 0) is 25.5 Å². The van der Waals surface area contributed by atoms with Crippen LogP contribution in [0.5, 0.6) is 0 Å². The minimum atomic E-state index is -3.59. The van der Waals surface area contributed by atoms with Gasteiger partial charge in [0.05, 0.1) is 19.8 Å². The Morgan fingerprint density at radius 2 is 1.56 bits per heavy atom. The summed E-state index contributed by atoms with van der Waals surface area (Å²) in [4.78, 5) is 14.8. The molecule has 1 unspecified atom stereocenters. The number of carbonyl (C=O) groups is 1. The first-order chi connectivity index (χ1) is 12.1. The van der Waals surface area contributed by atoms with E-state index in [9.17, 15) is 9.36 Å². The predicted octanol–water partition coefficient (Wildman–Crippen LogP) is 4.54. The molecule has 1 heterocycles. The van der Waals surface area contributed by atoms with Crippen LogP contribution < -0.4 is 4.90 Å². The van der Waals surface area contributed by atoms with Crippen LogP contribution in [0.25, 0.3) is 0 Å². The molecule has 3 rings (SSSR count). The number of fused-ring (bicyclic) bond motifs is 1. The molecule has 0 bridgehead atoms. The molecule has 6 heteroatoms. The van der Waals surface area contributed by atoms with Gasteiger partial charge in [-0.15, -0.1) is 0 Å². The van der Waals surface area contributed by atoms with E-state index in [1.807, 2.05) is 54.6 Å². The van der Waals surface area contributed by atoms with Crippen molar-refractivity contribution in [2.75, 3.05) is 18.1 Å². The molecule has 0 aliphatic carbocycles. The Morgan fingerprint density at radius 3 is 2.20 bits per heavy atom. The molecule has 2 aromatic carbocycles. The van der Waals surface area contributed by atoms with Crippen LogP contribution in [0.1, 0.15) is 30.6 Å². The molecule has 0 aromatic heterocycles. The Balaban J connectivity index is 2.01. The van der Waals surface area contributed by atoms with E-state index in [4.69, 9.17) is 9.05 Å². The first-order valence-corrected chi connectivity index (χ1v) is 10.0. The van der Waals surface area contributed by atoms with Crippen LogP contribution in [-0.2, 0) is 25.0 Å². The summed E-state index contributed by atoms with van der Waals surface area (Å²) in [5.41, 5.74) is 1.57. The number of anilines is 1. The zero-order valence-electron chi connectivity index (χ0n) is 14.4. The Morgan fingerprint density at radius 1 is 0.960 bits per heavy atom. The zero-order valence-corrected chi connectivity index (χ0v) is 15.3. The fourth-order valence-corrected chi connectivity index (χ4v) is 5.21. The predicted molar refractivity (Wildman–Crippen MR) is 97.7 cm³/mol. The number of hydrogen-bond donors (Lipinski definition) is 0. The molecule has 132 valence electrons. The highest BCUT2D eigenvalue weighted by atomic mass is 31.2. The second kappa shape index (κ2) is 7.52. The molecular formula is C19H22NO4P. The quantitative estimate of drug-likeness (QED) is 0.681. The van der Waals surface area contributed by atoms with Gasteiger partial charge >= 0.3 is 7.60 Å². The van der Waals surface area contributed by atoms with Gasteiger partial charge in [-0.2, -0.15) is 0 Å². The number of carbonyl (C=O) groups excluding carboxylic acids is 1. The van der Waals surface area contributed by atoms with Crippen molar-refractivity contribution in [3.05, 3.63) is 65.7 Å². The Hall–Kier alpha value is -1.94. The van der Waals surface area contributed by atoms with Gasteiger partial charge in [0.15, 0.2) is 5.66 Å². The van der Waals surface area contributed by atoms with E-state index < -0.39 is 13.3 Å². The lowest BCUT2D eigenvalue weighted by atomic mass is 10.1. The van der Waals surface area contributed by atoms with E-state index in [1.165, 1.54) is 0 Å². The number of hydrogen-bond acceptors (Lipinski definition) is 4. The van der Waals surface area contributed by atoms with Crippen LogP contribution in [0.4, 0.5) is 5.69 Å². The van der Waals surface area contributed by atoms with E-state index in [0.29, 0.717) is 12.1 Å². The lowest BCUT2D eigenvalue weighted by molar-refractivity contribution is -0.118. The minimum absolute atomic E-state index is 0.224. The third-order valence-electron chi connectivity index (χ3n) is 4.14. The molecule has 0 spiro atoms. The summed E-state index contributed by atoms with van der Waals surface area (Å²) in [6, 6.07) is 17.2. The molecule has 0 radical (unpaired) electrons. The maximum atomic E-state index is 13.3.